The molecule has 2 heterocycles. The van der Waals surface area contributed by atoms with Gasteiger partial charge in [0.25, 0.3) is 0 Å². The molecule has 4 nitrogen and oxygen atoms in total. The molecule has 19 heavy (non-hydrogen) atoms. The monoisotopic (exact) mass is 276 g/mol. The third kappa shape index (κ3) is 2.47. The van der Waals surface area contributed by atoms with Crippen molar-refractivity contribution >= 4 is 23.6 Å². The zero-order chi connectivity index (χ0) is 13.2. The van der Waals surface area contributed by atoms with Gasteiger partial charge >= 0.3 is 0 Å². The van der Waals surface area contributed by atoms with Crippen LogP contribution in [-0.2, 0) is 16.0 Å². The average Bonchev–Trinajstić information content (AvgIpc) is 2.46. The Balaban J connectivity index is 1.76. The lowest BCUT2D eigenvalue weighted by molar-refractivity contribution is -0.148. The quantitative estimate of drug-likeness (QED) is 0.864. The molecule has 1 aromatic carbocycles. The lowest BCUT2D eigenvalue weighted by Gasteiger charge is -2.41. The second-order valence-electron chi connectivity index (χ2n) is 4.87. The van der Waals surface area contributed by atoms with E-state index in [1.807, 2.05) is 30.3 Å². The predicted octanol–water partition coefficient (Wildman–Crippen LogP) is 0.671. The summed E-state index contributed by atoms with van der Waals surface area (Å²) in [4.78, 5) is 26.2. The van der Waals surface area contributed by atoms with Crippen LogP contribution in [0, 0.1) is 0 Å². The minimum absolute atomic E-state index is 0.00673. The molecule has 0 aliphatic carbocycles. The Kier molecular flexibility index (Phi) is 3.46. The van der Waals surface area contributed by atoms with Crippen LogP contribution >= 0.6 is 11.8 Å². The highest BCUT2D eigenvalue weighted by atomic mass is 32.2. The van der Waals surface area contributed by atoms with Crippen molar-refractivity contribution in [3.8, 4) is 0 Å². The van der Waals surface area contributed by atoms with Crippen LogP contribution in [0.5, 0.6) is 0 Å². The summed E-state index contributed by atoms with van der Waals surface area (Å²) in [6, 6.07) is 9.14. The fourth-order valence-electron chi connectivity index (χ4n) is 2.60. The molecule has 0 spiro atoms. The molecule has 0 bridgehead atoms. The maximum absolute atomic E-state index is 12.4. The molecule has 2 aliphatic rings. The van der Waals surface area contributed by atoms with E-state index in [2.05, 4.69) is 5.32 Å². The van der Waals surface area contributed by atoms with E-state index in [4.69, 9.17) is 0 Å². The van der Waals surface area contributed by atoms with Crippen LogP contribution in [-0.4, -0.2) is 46.8 Å². The third-order valence-corrected chi connectivity index (χ3v) is 4.63. The molecule has 0 radical (unpaired) electrons. The molecule has 2 amide bonds. The van der Waals surface area contributed by atoms with E-state index in [0.29, 0.717) is 13.0 Å². The van der Waals surface area contributed by atoms with Gasteiger partial charge in [-0.05, 0) is 5.56 Å². The SMILES string of the molecule is O=C1NC(Cc2ccccc2)C(=O)N2CCSCC12. The van der Waals surface area contributed by atoms with Gasteiger partial charge < -0.3 is 10.2 Å². The zero-order valence-electron chi connectivity index (χ0n) is 10.5. The maximum atomic E-state index is 12.4. The third-order valence-electron chi connectivity index (χ3n) is 3.61. The summed E-state index contributed by atoms with van der Waals surface area (Å²) < 4.78 is 0. The number of fused-ring (bicyclic) bond motifs is 1. The number of hydrogen-bond acceptors (Lipinski definition) is 3. The van der Waals surface area contributed by atoms with E-state index in [-0.39, 0.29) is 17.9 Å². The minimum atomic E-state index is -0.408. The van der Waals surface area contributed by atoms with Gasteiger partial charge in [-0.3, -0.25) is 9.59 Å². The topological polar surface area (TPSA) is 49.4 Å². The molecule has 100 valence electrons. The largest absolute Gasteiger partial charge is 0.342 e. The highest BCUT2D eigenvalue weighted by Gasteiger charge is 2.41. The fourth-order valence-corrected chi connectivity index (χ4v) is 3.65. The summed E-state index contributed by atoms with van der Waals surface area (Å²) in [5, 5.41) is 2.87. The molecule has 0 saturated carbocycles. The molecule has 0 aromatic heterocycles. The van der Waals surface area contributed by atoms with E-state index < -0.39 is 6.04 Å². The van der Waals surface area contributed by atoms with Crippen molar-refractivity contribution in [3.05, 3.63) is 35.9 Å². The zero-order valence-corrected chi connectivity index (χ0v) is 11.4. The minimum Gasteiger partial charge on any atom is -0.342 e. The second-order valence-corrected chi connectivity index (χ2v) is 6.02. The lowest BCUT2D eigenvalue weighted by atomic mass is 10.0. The number of nitrogens with one attached hydrogen (secondary N) is 1. The van der Waals surface area contributed by atoms with Crippen LogP contribution in [0.1, 0.15) is 5.56 Å². The molecule has 2 saturated heterocycles. The number of rotatable bonds is 2. The summed E-state index contributed by atoms with van der Waals surface area (Å²) in [6.45, 7) is 0.687. The van der Waals surface area contributed by atoms with Gasteiger partial charge in [0.05, 0.1) is 0 Å². The highest BCUT2D eigenvalue weighted by molar-refractivity contribution is 7.99. The van der Waals surface area contributed by atoms with Crippen molar-refractivity contribution in [2.75, 3.05) is 18.1 Å². The fraction of sp³-hybridized carbons (Fsp3) is 0.429. The van der Waals surface area contributed by atoms with E-state index in [9.17, 15) is 9.59 Å². The molecule has 2 aliphatic heterocycles. The van der Waals surface area contributed by atoms with Gasteiger partial charge in [0.15, 0.2) is 0 Å². The molecule has 3 rings (SSSR count). The average molecular weight is 276 g/mol. The molecule has 1 aromatic rings. The van der Waals surface area contributed by atoms with Gasteiger partial charge in [-0.2, -0.15) is 11.8 Å². The highest BCUT2D eigenvalue weighted by Crippen LogP contribution is 2.21. The Bertz CT molecular complexity index is 491. The predicted molar refractivity (Wildman–Crippen MR) is 74.9 cm³/mol. The van der Waals surface area contributed by atoms with Crippen molar-refractivity contribution in [1.82, 2.24) is 10.2 Å². The Morgan fingerprint density at radius 3 is 2.84 bits per heavy atom. The standard InChI is InChI=1S/C14H16N2O2S/c17-13-12-9-19-7-6-16(12)14(18)11(15-13)8-10-4-2-1-3-5-10/h1-5,11-12H,6-9H2,(H,15,17). The first-order valence-corrected chi connectivity index (χ1v) is 7.64. The van der Waals surface area contributed by atoms with Crippen molar-refractivity contribution < 1.29 is 9.59 Å². The van der Waals surface area contributed by atoms with Crippen molar-refractivity contribution in [2.45, 2.75) is 18.5 Å². The van der Waals surface area contributed by atoms with E-state index in [0.717, 1.165) is 17.1 Å². The molecular formula is C14H16N2O2S. The van der Waals surface area contributed by atoms with Gasteiger partial charge in [-0.1, -0.05) is 30.3 Å². The van der Waals surface area contributed by atoms with Crippen LogP contribution in [0.15, 0.2) is 30.3 Å². The first-order valence-electron chi connectivity index (χ1n) is 6.48. The van der Waals surface area contributed by atoms with Crippen molar-refractivity contribution in [2.24, 2.45) is 0 Å². The van der Waals surface area contributed by atoms with Crippen LogP contribution < -0.4 is 5.32 Å². The smallest absolute Gasteiger partial charge is 0.246 e. The second kappa shape index (κ2) is 5.25. The molecule has 1 N–H and O–H groups in total. The lowest BCUT2D eigenvalue weighted by Crippen LogP contribution is -2.66. The summed E-state index contributed by atoms with van der Waals surface area (Å²) in [5.41, 5.74) is 1.07. The van der Waals surface area contributed by atoms with E-state index in [1.54, 1.807) is 16.7 Å². The molecular weight excluding hydrogens is 260 g/mol. The molecule has 2 fully saturated rings. The number of carbonyl (C=O) groups is 2. The number of hydrogen-bond donors (Lipinski definition) is 1. The Hall–Kier alpha value is -1.49. The van der Waals surface area contributed by atoms with Gasteiger partial charge in [0, 0.05) is 24.5 Å². The molecule has 2 atom stereocenters. The Morgan fingerprint density at radius 2 is 2.05 bits per heavy atom. The summed E-state index contributed by atoms with van der Waals surface area (Å²) in [6.07, 6.45) is 0.571. The number of piperazine rings is 1. The number of benzene rings is 1. The van der Waals surface area contributed by atoms with Gasteiger partial charge in [0.2, 0.25) is 11.8 Å². The van der Waals surface area contributed by atoms with E-state index >= 15 is 0 Å². The number of nitrogens with zero attached hydrogens (tertiary/aromatic N) is 1. The normalized spacial score (nSPS) is 26.8. The Labute approximate surface area is 116 Å². The Morgan fingerprint density at radius 1 is 1.26 bits per heavy atom. The van der Waals surface area contributed by atoms with Gasteiger partial charge in [-0.25, -0.2) is 0 Å². The van der Waals surface area contributed by atoms with Gasteiger partial charge in [0.1, 0.15) is 12.1 Å². The number of carbonyl (C=O) groups excluding carboxylic acids is 2. The maximum Gasteiger partial charge on any atom is 0.246 e. The van der Waals surface area contributed by atoms with Crippen LogP contribution in [0.3, 0.4) is 0 Å². The molecule has 5 heteroatoms. The summed E-state index contributed by atoms with van der Waals surface area (Å²) in [5.74, 6) is 1.70. The first kappa shape index (κ1) is 12.5. The van der Waals surface area contributed by atoms with Crippen molar-refractivity contribution in [3.63, 3.8) is 0 Å². The van der Waals surface area contributed by atoms with Crippen LogP contribution in [0.25, 0.3) is 0 Å². The number of thioether (sulfide) groups is 1. The number of amides is 2. The van der Waals surface area contributed by atoms with E-state index in [1.165, 1.54) is 0 Å². The van der Waals surface area contributed by atoms with Crippen molar-refractivity contribution in [1.29, 1.82) is 0 Å². The summed E-state index contributed by atoms with van der Waals surface area (Å²) >= 11 is 1.74. The first-order chi connectivity index (χ1) is 9.25. The molecule has 2 unspecified atom stereocenters. The summed E-state index contributed by atoms with van der Waals surface area (Å²) in [7, 11) is 0. The van der Waals surface area contributed by atoms with Gasteiger partial charge in [-0.15, -0.1) is 0 Å². The van der Waals surface area contributed by atoms with Crippen LogP contribution in [0.4, 0.5) is 0 Å². The van der Waals surface area contributed by atoms with Crippen LogP contribution in [0.2, 0.25) is 0 Å².